The molecule has 1 amide bonds. The molecule has 23 heavy (non-hydrogen) atoms. The third kappa shape index (κ3) is 5.67. The number of amides is 1. The molecule has 0 bridgehead atoms. The van der Waals surface area contributed by atoms with E-state index in [2.05, 4.69) is 0 Å². The Balaban J connectivity index is 2.91. The molecule has 0 heterocycles. The zero-order chi connectivity index (χ0) is 17.4. The van der Waals surface area contributed by atoms with Crippen LogP contribution in [-0.4, -0.2) is 39.2 Å². The second-order valence-corrected chi connectivity index (χ2v) is 4.69. The average Bonchev–Trinajstić information content (AvgIpc) is 2.50. The number of nitriles is 1. The highest BCUT2D eigenvalue weighted by Crippen LogP contribution is 2.15. The number of phenols is 1. The predicted molar refractivity (Wildman–Crippen MR) is 76.7 cm³/mol. The van der Waals surface area contributed by atoms with E-state index in [0.717, 1.165) is 6.92 Å². The fourth-order valence-electron chi connectivity index (χ4n) is 1.79. The normalized spacial score (nSPS) is 11.1. The first-order chi connectivity index (χ1) is 10.8. The predicted octanol–water partition coefficient (Wildman–Crippen LogP) is 0.998. The molecule has 0 aliphatic rings. The van der Waals surface area contributed by atoms with Crippen LogP contribution in [0.4, 0.5) is 0 Å². The van der Waals surface area contributed by atoms with Crippen molar-refractivity contribution in [3.8, 4) is 11.8 Å². The van der Waals surface area contributed by atoms with Crippen molar-refractivity contribution in [3.63, 3.8) is 0 Å². The molecule has 0 aliphatic carbocycles. The Bertz CT molecular complexity index is 620. The van der Waals surface area contributed by atoms with Crippen molar-refractivity contribution in [1.29, 1.82) is 5.26 Å². The highest BCUT2D eigenvalue weighted by molar-refractivity contribution is 5.83. The second kappa shape index (κ2) is 8.38. The van der Waals surface area contributed by atoms with Crippen LogP contribution in [0.3, 0.4) is 0 Å². The number of nitrogens with zero attached hydrogens (tertiary/aromatic N) is 2. The topological polar surface area (TPSA) is 128 Å². The van der Waals surface area contributed by atoms with Crippen LogP contribution in [0.15, 0.2) is 24.3 Å². The molecule has 0 radical (unpaired) electrons. The number of phenolic OH excluding ortho intramolecular Hbond substituents is 1. The molecular weight excluding hydrogens is 304 g/mol. The van der Waals surface area contributed by atoms with Crippen molar-refractivity contribution in [2.24, 2.45) is 0 Å². The lowest BCUT2D eigenvalue weighted by atomic mass is 10.1. The molecule has 0 unspecified atom stereocenters. The van der Waals surface area contributed by atoms with E-state index in [-0.39, 0.29) is 25.0 Å². The van der Waals surface area contributed by atoms with E-state index in [0.29, 0.717) is 10.6 Å². The van der Waals surface area contributed by atoms with E-state index in [9.17, 15) is 24.6 Å². The SMILES string of the molecule is CC(=O)N(OC(=O)CCC#N)[C@@H](Cc1ccc(O)cc1)C(=O)O. The number of benzene rings is 1. The first-order valence-electron chi connectivity index (χ1n) is 6.73. The maximum Gasteiger partial charge on any atom is 0.333 e. The molecule has 0 aliphatic heterocycles. The third-order valence-electron chi connectivity index (χ3n) is 2.88. The Kier molecular flexibility index (Phi) is 6.55. The van der Waals surface area contributed by atoms with Gasteiger partial charge in [-0.25, -0.2) is 9.59 Å². The van der Waals surface area contributed by atoms with E-state index in [1.165, 1.54) is 24.3 Å². The molecule has 1 rings (SSSR count). The maximum atomic E-state index is 11.6. The van der Waals surface area contributed by atoms with E-state index < -0.39 is 23.9 Å². The summed E-state index contributed by atoms with van der Waals surface area (Å²) in [6.45, 7) is 1.07. The summed E-state index contributed by atoms with van der Waals surface area (Å²) in [4.78, 5) is 39.4. The van der Waals surface area contributed by atoms with Crippen LogP contribution < -0.4 is 0 Å². The molecule has 2 N–H and O–H groups in total. The number of carboxylic acid groups (broad SMARTS) is 1. The average molecular weight is 320 g/mol. The zero-order valence-corrected chi connectivity index (χ0v) is 12.4. The van der Waals surface area contributed by atoms with Gasteiger partial charge in [-0.1, -0.05) is 12.1 Å². The van der Waals surface area contributed by atoms with Crippen molar-refractivity contribution in [3.05, 3.63) is 29.8 Å². The molecule has 8 nitrogen and oxygen atoms in total. The van der Waals surface area contributed by atoms with Crippen molar-refractivity contribution in [1.82, 2.24) is 5.06 Å². The Morgan fingerprint density at radius 3 is 2.39 bits per heavy atom. The summed E-state index contributed by atoms with van der Waals surface area (Å²) in [6, 6.07) is 6.10. The smallest absolute Gasteiger partial charge is 0.333 e. The highest BCUT2D eigenvalue weighted by atomic mass is 16.7. The van der Waals surface area contributed by atoms with Crippen LogP contribution in [0.5, 0.6) is 5.75 Å². The number of aliphatic carboxylic acids is 1. The lowest BCUT2D eigenvalue weighted by Crippen LogP contribution is -2.46. The quantitative estimate of drug-likeness (QED) is 0.748. The summed E-state index contributed by atoms with van der Waals surface area (Å²) in [5, 5.41) is 27.4. The molecule has 0 saturated carbocycles. The molecule has 0 saturated heterocycles. The summed E-state index contributed by atoms with van der Waals surface area (Å²) in [5.74, 6) is -2.94. The van der Waals surface area contributed by atoms with Crippen LogP contribution >= 0.6 is 0 Å². The van der Waals surface area contributed by atoms with Crippen molar-refractivity contribution >= 4 is 17.8 Å². The summed E-state index contributed by atoms with van der Waals surface area (Å²) in [5.41, 5.74) is 0.537. The zero-order valence-electron chi connectivity index (χ0n) is 12.4. The monoisotopic (exact) mass is 320 g/mol. The van der Waals surface area contributed by atoms with Gasteiger partial charge in [-0.15, -0.1) is 0 Å². The molecular formula is C15H16N2O6. The minimum Gasteiger partial charge on any atom is -0.508 e. The number of hydroxylamine groups is 2. The number of rotatable bonds is 6. The minimum atomic E-state index is -1.41. The summed E-state index contributed by atoms with van der Waals surface area (Å²) in [7, 11) is 0. The molecule has 1 aromatic carbocycles. The third-order valence-corrected chi connectivity index (χ3v) is 2.88. The van der Waals surface area contributed by atoms with Crippen LogP contribution in [0, 0.1) is 11.3 Å². The molecule has 1 aromatic rings. The number of carboxylic acids is 1. The van der Waals surface area contributed by atoms with E-state index in [1.54, 1.807) is 6.07 Å². The molecule has 1 atom stereocenters. The van der Waals surface area contributed by atoms with Crippen molar-refractivity contribution < 1.29 is 29.4 Å². The summed E-state index contributed by atoms with van der Waals surface area (Å²) >= 11 is 0. The van der Waals surface area contributed by atoms with Gasteiger partial charge in [0, 0.05) is 19.8 Å². The lowest BCUT2D eigenvalue weighted by Gasteiger charge is -2.26. The van der Waals surface area contributed by atoms with Gasteiger partial charge >= 0.3 is 11.9 Å². The maximum absolute atomic E-state index is 11.6. The van der Waals surface area contributed by atoms with Gasteiger partial charge in [0.2, 0.25) is 0 Å². The highest BCUT2D eigenvalue weighted by Gasteiger charge is 2.31. The Hall–Kier alpha value is -3.08. The number of carbonyl (C=O) groups is 3. The fraction of sp³-hybridized carbons (Fsp3) is 0.333. The van der Waals surface area contributed by atoms with Gasteiger partial charge < -0.3 is 15.1 Å². The Labute approximate surface area is 132 Å². The van der Waals surface area contributed by atoms with Gasteiger partial charge in [0.1, 0.15) is 5.75 Å². The van der Waals surface area contributed by atoms with Gasteiger partial charge in [0.25, 0.3) is 5.91 Å². The molecule has 122 valence electrons. The van der Waals surface area contributed by atoms with E-state index in [4.69, 9.17) is 10.1 Å². The van der Waals surface area contributed by atoms with E-state index in [1.807, 2.05) is 0 Å². The van der Waals surface area contributed by atoms with Gasteiger partial charge in [-0.2, -0.15) is 10.3 Å². The largest absolute Gasteiger partial charge is 0.508 e. The number of carbonyl (C=O) groups excluding carboxylic acids is 2. The van der Waals surface area contributed by atoms with Crippen LogP contribution in [0.1, 0.15) is 25.3 Å². The molecule has 8 heteroatoms. The lowest BCUT2D eigenvalue weighted by molar-refractivity contribution is -0.209. The summed E-state index contributed by atoms with van der Waals surface area (Å²) < 4.78 is 0. The number of hydrogen-bond acceptors (Lipinski definition) is 6. The standard InChI is InChI=1S/C15H16N2O6/c1-10(18)17(23-14(20)3-2-8-16)13(15(21)22)9-11-4-6-12(19)7-5-11/h4-7,13,19H,2-3,9H2,1H3,(H,21,22)/t13-/m0/s1. The molecule has 0 spiro atoms. The Morgan fingerprint density at radius 2 is 1.91 bits per heavy atom. The Morgan fingerprint density at radius 1 is 1.30 bits per heavy atom. The van der Waals surface area contributed by atoms with Gasteiger partial charge in [-0.05, 0) is 17.7 Å². The second-order valence-electron chi connectivity index (χ2n) is 4.69. The van der Waals surface area contributed by atoms with Crippen LogP contribution in [0.2, 0.25) is 0 Å². The number of hydrogen-bond donors (Lipinski definition) is 2. The first kappa shape index (κ1) is 18.0. The van der Waals surface area contributed by atoms with Crippen molar-refractivity contribution in [2.75, 3.05) is 0 Å². The van der Waals surface area contributed by atoms with Gasteiger partial charge in [-0.3, -0.25) is 4.79 Å². The molecule has 0 aromatic heterocycles. The van der Waals surface area contributed by atoms with Crippen LogP contribution in [-0.2, 0) is 25.6 Å². The van der Waals surface area contributed by atoms with Gasteiger partial charge in [0.15, 0.2) is 6.04 Å². The first-order valence-corrected chi connectivity index (χ1v) is 6.73. The van der Waals surface area contributed by atoms with Crippen LogP contribution in [0.25, 0.3) is 0 Å². The molecule has 0 fully saturated rings. The minimum absolute atomic E-state index is 0.0204. The van der Waals surface area contributed by atoms with Gasteiger partial charge in [0.05, 0.1) is 12.5 Å². The summed E-state index contributed by atoms with van der Waals surface area (Å²) in [6.07, 6.45) is -0.452. The number of aromatic hydroxyl groups is 1. The fourth-order valence-corrected chi connectivity index (χ4v) is 1.79. The van der Waals surface area contributed by atoms with E-state index >= 15 is 0 Å². The van der Waals surface area contributed by atoms with Crippen molar-refractivity contribution in [2.45, 2.75) is 32.2 Å².